The first-order valence-corrected chi connectivity index (χ1v) is 8.97. The molecule has 4 nitrogen and oxygen atoms in total. The van der Waals surface area contributed by atoms with Crippen molar-refractivity contribution in [2.45, 2.75) is 18.1 Å². The third kappa shape index (κ3) is 8.06. The van der Waals surface area contributed by atoms with Gasteiger partial charge in [0.05, 0.1) is 11.8 Å². The molecule has 0 atom stereocenters. The first kappa shape index (κ1) is 22.6. The van der Waals surface area contributed by atoms with E-state index in [1.165, 1.54) is 11.8 Å². The number of alkyl halides is 6. The first-order chi connectivity index (χ1) is 13.5. The smallest absolute Gasteiger partial charge is 0.422 e. The molecular weight excluding hydrogens is 420 g/mol. The van der Waals surface area contributed by atoms with Crippen LogP contribution in [0, 0.1) is 0 Å². The highest BCUT2D eigenvalue weighted by Gasteiger charge is 2.36. The van der Waals surface area contributed by atoms with Crippen LogP contribution in [0.5, 0.6) is 5.75 Å². The minimum Gasteiger partial charge on any atom is -0.483 e. The first-order valence-electron chi connectivity index (χ1n) is 7.98. The van der Waals surface area contributed by atoms with Crippen molar-refractivity contribution in [1.29, 1.82) is 0 Å². The Balaban J connectivity index is 2.08. The van der Waals surface area contributed by atoms with Crippen molar-refractivity contribution in [2.75, 3.05) is 6.61 Å². The Bertz CT molecular complexity index is 866. The fraction of sp³-hybridized carbons (Fsp3) is 0.222. The van der Waals surface area contributed by atoms with E-state index >= 15 is 0 Å². The molecule has 2 aromatic carbocycles. The fourth-order valence-corrected chi connectivity index (χ4v) is 2.66. The van der Waals surface area contributed by atoms with Crippen molar-refractivity contribution in [3.63, 3.8) is 0 Å². The summed E-state index contributed by atoms with van der Waals surface area (Å²) >= 11 is 1.20. The van der Waals surface area contributed by atoms with Crippen LogP contribution in [0.3, 0.4) is 0 Å². The lowest BCUT2D eigenvalue weighted by atomic mass is 10.1. The zero-order chi connectivity index (χ0) is 21.5. The lowest BCUT2D eigenvalue weighted by molar-refractivity contribution is -0.158. The van der Waals surface area contributed by atoms with Gasteiger partial charge in [0.1, 0.15) is 5.75 Å². The number of rotatable bonds is 6. The van der Waals surface area contributed by atoms with Crippen LogP contribution in [0.4, 0.5) is 26.3 Å². The molecule has 29 heavy (non-hydrogen) atoms. The molecule has 0 spiro atoms. The maximum absolute atomic E-state index is 12.9. The Morgan fingerprint density at radius 2 is 1.72 bits per heavy atom. The summed E-state index contributed by atoms with van der Waals surface area (Å²) in [6.07, 6.45) is -8.58. The number of benzene rings is 2. The summed E-state index contributed by atoms with van der Waals surface area (Å²) in [5.74, 6) is -0.407. The zero-order valence-corrected chi connectivity index (χ0v) is 15.5. The van der Waals surface area contributed by atoms with Crippen molar-refractivity contribution in [3.05, 3.63) is 65.2 Å². The van der Waals surface area contributed by atoms with E-state index in [0.717, 1.165) is 23.9 Å². The van der Waals surface area contributed by atoms with E-state index < -0.39 is 30.3 Å². The van der Waals surface area contributed by atoms with Crippen molar-refractivity contribution < 1.29 is 31.1 Å². The van der Waals surface area contributed by atoms with Crippen LogP contribution in [0.2, 0.25) is 0 Å². The second kappa shape index (κ2) is 9.68. The molecule has 0 aromatic heterocycles. The van der Waals surface area contributed by atoms with E-state index in [9.17, 15) is 26.3 Å². The van der Waals surface area contributed by atoms with Gasteiger partial charge in [-0.25, -0.2) is 0 Å². The Morgan fingerprint density at radius 3 is 2.34 bits per heavy atom. The number of hydrogen-bond donors (Lipinski definition) is 1. The maximum atomic E-state index is 12.9. The van der Waals surface area contributed by atoms with E-state index in [4.69, 9.17) is 5.73 Å². The minimum absolute atomic E-state index is 0.0692. The standard InChI is InChI=1S/C18H15F6N3OS/c19-17(20,21)11-28-15-8-13(6-7-14(15)18(22,23)24)9-26-27-16(25)29-10-12-4-2-1-3-5-12/h1-9H,10-11H2,(H2,25,27). The Kier molecular flexibility index (Phi) is 7.54. The third-order valence-electron chi connectivity index (χ3n) is 3.30. The van der Waals surface area contributed by atoms with Crippen LogP contribution in [-0.2, 0) is 11.9 Å². The molecule has 0 fully saturated rings. The van der Waals surface area contributed by atoms with Gasteiger partial charge in [-0.15, -0.1) is 5.10 Å². The summed E-state index contributed by atoms with van der Waals surface area (Å²) in [6.45, 7) is -1.85. The molecule has 2 aromatic rings. The SMILES string of the molecule is NC(=NN=Cc1ccc(C(F)(F)F)c(OCC(F)(F)F)c1)SCc1ccccc1. The summed E-state index contributed by atoms with van der Waals surface area (Å²) in [4.78, 5) is 0. The van der Waals surface area contributed by atoms with Gasteiger partial charge in [-0.1, -0.05) is 48.2 Å². The molecular formula is C18H15F6N3OS. The second-order valence-electron chi connectivity index (χ2n) is 5.61. The maximum Gasteiger partial charge on any atom is 0.422 e. The molecule has 2 rings (SSSR count). The lowest BCUT2D eigenvalue weighted by Crippen LogP contribution is -2.21. The molecule has 0 unspecified atom stereocenters. The van der Waals surface area contributed by atoms with Gasteiger partial charge < -0.3 is 10.5 Å². The molecule has 0 saturated heterocycles. The number of halogens is 6. The largest absolute Gasteiger partial charge is 0.483 e. The Labute approximate surface area is 166 Å². The molecule has 0 bridgehead atoms. The predicted molar refractivity (Wildman–Crippen MR) is 99.9 cm³/mol. The third-order valence-corrected chi connectivity index (χ3v) is 4.15. The van der Waals surface area contributed by atoms with Crippen LogP contribution in [-0.4, -0.2) is 24.2 Å². The van der Waals surface area contributed by atoms with E-state index in [2.05, 4.69) is 14.9 Å². The Hall–Kier alpha value is -2.69. The topological polar surface area (TPSA) is 60.0 Å². The van der Waals surface area contributed by atoms with E-state index in [1.807, 2.05) is 30.3 Å². The molecule has 0 radical (unpaired) electrons. The normalized spacial score (nSPS) is 13.1. The molecule has 0 aliphatic heterocycles. The van der Waals surface area contributed by atoms with Crippen molar-refractivity contribution in [3.8, 4) is 5.75 Å². The van der Waals surface area contributed by atoms with Crippen LogP contribution >= 0.6 is 11.8 Å². The average molecular weight is 435 g/mol. The highest BCUT2D eigenvalue weighted by Crippen LogP contribution is 2.37. The van der Waals surface area contributed by atoms with Crippen LogP contribution in [0.25, 0.3) is 0 Å². The molecule has 0 aliphatic rings. The molecule has 0 amide bonds. The van der Waals surface area contributed by atoms with Gasteiger partial charge in [0.2, 0.25) is 0 Å². The zero-order valence-electron chi connectivity index (χ0n) is 14.7. The minimum atomic E-state index is -4.87. The van der Waals surface area contributed by atoms with E-state index in [-0.39, 0.29) is 10.7 Å². The van der Waals surface area contributed by atoms with Crippen LogP contribution in [0.15, 0.2) is 58.7 Å². The highest BCUT2D eigenvalue weighted by atomic mass is 32.2. The molecule has 0 aliphatic carbocycles. The number of hydrogen-bond acceptors (Lipinski definition) is 4. The van der Waals surface area contributed by atoms with Crippen molar-refractivity contribution in [1.82, 2.24) is 0 Å². The molecule has 0 heterocycles. The summed E-state index contributed by atoms with van der Waals surface area (Å²) in [5, 5.41) is 7.47. The fourth-order valence-electron chi connectivity index (χ4n) is 2.05. The average Bonchev–Trinajstić information content (AvgIpc) is 2.64. The number of nitrogens with two attached hydrogens (primary N) is 1. The van der Waals surface area contributed by atoms with Gasteiger partial charge in [0, 0.05) is 5.75 Å². The molecule has 2 N–H and O–H groups in total. The van der Waals surface area contributed by atoms with Crippen LogP contribution < -0.4 is 10.5 Å². The summed E-state index contributed by atoms with van der Waals surface area (Å²) in [6, 6.07) is 11.9. The quantitative estimate of drug-likeness (QED) is 0.293. The van der Waals surface area contributed by atoms with E-state index in [1.54, 1.807) is 0 Å². The monoisotopic (exact) mass is 435 g/mol. The van der Waals surface area contributed by atoms with Crippen molar-refractivity contribution >= 4 is 23.1 Å². The molecule has 156 valence electrons. The van der Waals surface area contributed by atoms with Crippen molar-refractivity contribution in [2.24, 2.45) is 15.9 Å². The van der Waals surface area contributed by atoms with Crippen LogP contribution in [0.1, 0.15) is 16.7 Å². The van der Waals surface area contributed by atoms with Gasteiger partial charge >= 0.3 is 12.4 Å². The number of amidine groups is 1. The van der Waals surface area contributed by atoms with Gasteiger partial charge in [-0.3, -0.25) is 0 Å². The van der Waals surface area contributed by atoms with Gasteiger partial charge in [-0.2, -0.15) is 31.4 Å². The summed E-state index contributed by atoms with van der Waals surface area (Å²) in [5.41, 5.74) is 5.45. The van der Waals surface area contributed by atoms with Gasteiger partial charge in [0.25, 0.3) is 0 Å². The molecule has 0 saturated carbocycles. The predicted octanol–water partition coefficient (Wildman–Crippen LogP) is 5.23. The number of ether oxygens (including phenoxy) is 1. The molecule has 11 heteroatoms. The van der Waals surface area contributed by atoms with Gasteiger partial charge in [0.15, 0.2) is 11.8 Å². The number of thioether (sulfide) groups is 1. The summed E-state index contributed by atoms with van der Waals surface area (Å²) < 4.78 is 80.0. The van der Waals surface area contributed by atoms with Gasteiger partial charge in [-0.05, 0) is 23.3 Å². The summed E-state index contributed by atoms with van der Waals surface area (Å²) in [7, 11) is 0. The highest BCUT2D eigenvalue weighted by molar-refractivity contribution is 8.13. The van der Waals surface area contributed by atoms with E-state index in [0.29, 0.717) is 11.8 Å². The Morgan fingerprint density at radius 1 is 1.03 bits per heavy atom. The lowest BCUT2D eigenvalue weighted by Gasteiger charge is -2.15. The second-order valence-corrected chi connectivity index (χ2v) is 6.61. The number of nitrogens with zero attached hydrogens (tertiary/aromatic N) is 2.